The summed E-state index contributed by atoms with van der Waals surface area (Å²) in [5, 5.41) is 0. The zero-order valence-electron chi connectivity index (χ0n) is 12.6. The number of hydrogen-bond acceptors (Lipinski definition) is 1. The molecule has 2 N–H and O–H groups in total. The summed E-state index contributed by atoms with van der Waals surface area (Å²) < 4.78 is 0. The molecule has 1 aromatic carbocycles. The summed E-state index contributed by atoms with van der Waals surface area (Å²) >= 11 is 0. The normalized spacial score (nSPS) is 12.5. The van der Waals surface area contributed by atoms with E-state index in [-0.39, 0.29) is 6.04 Å². The van der Waals surface area contributed by atoms with Gasteiger partial charge < -0.3 is 5.73 Å². The number of rotatable bonds is 11. The van der Waals surface area contributed by atoms with Gasteiger partial charge in [-0.3, -0.25) is 0 Å². The molecule has 0 spiro atoms. The number of nitrogens with two attached hydrogens (primary N) is 1. The Labute approximate surface area is 119 Å². The number of unbranched alkanes of at least 4 members (excludes halogenated alkanes) is 8. The molecular weight excluding hydrogens is 230 g/mol. The molecule has 0 amide bonds. The molecule has 1 aromatic rings. The predicted molar refractivity (Wildman–Crippen MR) is 85.2 cm³/mol. The number of hydrogen-bond donors (Lipinski definition) is 1. The summed E-state index contributed by atoms with van der Waals surface area (Å²) in [6.45, 7) is 2.27. The van der Waals surface area contributed by atoms with Crippen molar-refractivity contribution in [3.8, 4) is 0 Å². The fourth-order valence-corrected chi connectivity index (χ4v) is 2.54. The van der Waals surface area contributed by atoms with Gasteiger partial charge in [-0.25, -0.2) is 0 Å². The topological polar surface area (TPSA) is 26.0 Å². The minimum Gasteiger partial charge on any atom is -0.324 e. The van der Waals surface area contributed by atoms with E-state index in [1.807, 2.05) is 0 Å². The largest absolute Gasteiger partial charge is 0.324 e. The first kappa shape index (κ1) is 16.2. The SMILES string of the molecule is CCCCCCCCCCC[C@@H](N)c1ccccc1. The molecule has 0 aromatic heterocycles. The van der Waals surface area contributed by atoms with Crippen LogP contribution < -0.4 is 5.73 Å². The molecule has 1 rings (SSSR count). The van der Waals surface area contributed by atoms with E-state index in [9.17, 15) is 0 Å². The Morgan fingerprint density at radius 2 is 1.32 bits per heavy atom. The second kappa shape index (κ2) is 11.0. The second-order valence-corrected chi connectivity index (χ2v) is 5.63. The van der Waals surface area contributed by atoms with Crippen LogP contribution in [0.5, 0.6) is 0 Å². The van der Waals surface area contributed by atoms with Crippen LogP contribution in [0.25, 0.3) is 0 Å². The summed E-state index contributed by atoms with van der Waals surface area (Å²) in [6.07, 6.45) is 13.6. The first-order valence-electron chi connectivity index (χ1n) is 8.15. The van der Waals surface area contributed by atoms with Crippen LogP contribution in [0.1, 0.15) is 82.7 Å². The molecule has 1 nitrogen and oxygen atoms in total. The lowest BCUT2D eigenvalue weighted by Gasteiger charge is -2.11. The summed E-state index contributed by atoms with van der Waals surface area (Å²) in [4.78, 5) is 0. The first-order chi connectivity index (χ1) is 9.34. The van der Waals surface area contributed by atoms with Crippen LogP contribution in [0.4, 0.5) is 0 Å². The molecule has 0 heterocycles. The summed E-state index contributed by atoms with van der Waals surface area (Å²) in [5.74, 6) is 0. The highest BCUT2D eigenvalue weighted by atomic mass is 14.6. The third-order valence-electron chi connectivity index (χ3n) is 3.85. The van der Waals surface area contributed by atoms with Gasteiger partial charge in [0.1, 0.15) is 0 Å². The van der Waals surface area contributed by atoms with E-state index in [1.54, 1.807) is 0 Å². The fourth-order valence-electron chi connectivity index (χ4n) is 2.54. The first-order valence-corrected chi connectivity index (χ1v) is 8.15. The van der Waals surface area contributed by atoms with Gasteiger partial charge >= 0.3 is 0 Å². The van der Waals surface area contributed by atoms with Crippen LogP contribution in [0.2, 0.25) is 0 Å². The van der Waals surface area contributed by atoms with Gasteiger partial charge in [-0.1, -0.05) is 95.0 Å². The van der Waals surface area contributed by atoms with Gasteiger partial charge in [-0.2, -0.15) is 0 Å². The Hall–Kier alpha value is -0.820. The highest BCUT2D eigenvalue weighted by Gasteiger charge is 2.04. The standard InChI is InChI=1S/C18H31N/c1-2-3-4-5-6-7-8-9-13-16-18(19)17-14-11-10-12-15-17/h10-12,14-15,18H,2-9,13,16,19H2,1H3/t18-/m1/s1. The zero-order valence-corrected chi connectivity index (χ0v) is 12.6. The van der Waals surface area contributed by atoms with Crippen LogP contribution in [-0.2, 0) is 0 Å². The van der Waals surface area contributed by atoms with Crippen LogP contribution in [-0.4, -0.2) is 0 Å². The fraction of sp³-hybridized carbons (Fsp3) is 0.667. The second-order valence-electron chi connectivity index (χ2n) is 5.63. The Balaban J connectivity index is 1.93. The van der Waals surface area contributed by atoms with E-state index in [4.69, 9.17) is 5.73 Å². The van der Waals surface area contributed by atoms with Crippen molar-refractivity contribution in [2.24, 2.45) is 5.73 Å². The van der Waals surface area contributed by atoms with Crippen molar-refractivity contribution in [2.45, 2.75) is 77.2 Å². The van der Waals surface area contributed by atoms with Gasteiger partial charge in [0, 0.05) is 6.04 Å². The quantitative estimate of drug-likeness (QED) is 0.515. The van der Waals surface area contributed by atoms with Crippen molar-refractivity contribution < 1.29 is 0 Å². The third kappa shape index (κ3) is 8.05. The van der Waals surface area contributed by atoms with Crippen molar-refractivity contribution in [3.05, 3.63) is 35.9 Å². The maximum atomic E-state index is 6.19. The summed E-state index contributed by atoms with van der Waals surface area (Å²) in [6, 6.07) is 10.7. The Bertz CT molecular complexity index is 294. The molecule has 0 aliphatic carbocycles. The third-order valence-corrected chi connectivity index (χ3v) is 3.85. The Kier molecular flexibility index (Phi) is 9.44. The molecule has 0 saturated carbocycles. The highest BCUT2D eigenvalue weighted by Crippen LogP contribution is 2.18. The van der Waals surface area contributed by atoms with Gasteiger partial charge in [0.25, 0.3) is 0 Å². The maximum absolute atomic E-state index is 6.19. The van der Waals surface area contributed by atoms with E-state index in [1.165, 1.54) is 63.4 Å². The van der Waals surface area contributed by atoms with Crippen molar-refractivity contribution in [1.82, 2.24) is 0 Å². The van der Waals surface area contributed by atoms with E-state index in [2.05, 4.69) is 37.3 Å². The molecule has 19 heavy (non-hydrogen) atoms. The lowest BCUT2D eigenvalue weighted by Crippen LogP contribution is -2.09. The minimum absolute atomic E-state index is 0.228. The predicted octanol–water partition coefficient (Wildman–Crippen LogP) is 5.61. The average molecular weight is 261 g/mol. The molecule has 0 aliphatic rings. The molecule has 0 bridgehead atoms. The van der Waals surface area contributed by atoms with Crippen LogP contribution in [0.15, 0.2) is 30.3 Å². The van der Waals surface area contributed by atoms with Gasteiger partial charge in [0.15, 0.2) is 0 Å². The molecule has 0 aliphatic heterocycles. The van der Waals surface area contributed by atoms with Gasteiger partial charge in [-0.15, -0.1) is 0 Å². The molecule has 0 saturated heterocycles. The maximum Gasteiger partial charge on any atom is 0.0294 e. The highest BCUT2D eigenvalue weighted by molar-refractivity contribution is 5.18. The molecule has 0 radical (unpaired) electrons. The van der Waals surface area contributed by atoms with Crippen molar-refractivity contribution >= 4 is 0 Å². The lowest BCUT2D eigenvalue weighted by molar-refractivity contribution is 0.532. The molecule has 108 valence electrons. The zero-order chi connectivity index (χ0) is 13.8. The smallest absolute Gasteiger partial charge is 0.0294 e. The molecule has 0 unspecified atom stereocenters. The molecule has 1 atom stereocenters. The average Bonchev–Trinajstić information content (AvgIpc) is 2.46. The lowest BCUT2D eigenvalue weighted by atomic mass is 10.0. The van der Waals surface area contributed by atoms with E-state index < -0.39 is 0 Å². The van der Waals surface area contributed by atoms with Crippen molar-refractivity contribution in [3.63, 3.8) is 0 Å². The molecule has 0 fully saturated rings. The Morgan fingerprint density at radius 3 is 1.89 bits per heavy atom. The Morgan fingerprint density at radius 1 is 0.789 bits per heavy atom. The van der Waals surface area contributed by atoms with Crippen molar-refractivity contribution in [1.29, 1.82) is 0 Å². The van der Waals surface area contributed by atoms with Crippen LogP contribution in [0.3, 0.4) is 0 Å². The van der Waals surface area contributed by atoms with Gasteiger partial charge in [0.05, 0.1) is 0 Å². The van der Waals surface area contributed by atoms with E-state index >= 15 is 0 Å². The summed E-state index contributed by atoms with van der Waals surface area (Å²) in [5.41, 5.74) is 7.47. The van der Waals surface area contributed by atoms with E-state index in [0.717, 1.165) is 6.42 Å². The van der Waals surface area contributed by atoms with Crippen molar-refractivity contribution in [2.75, 3.05) is 0 Å². The van der Waals surface area contributed by atoms with Gasteiger partial charge in [-0.05, 0) is 12.0 Å². The monoisotopic (exact) mass is 261 g/mol. The van der Waals surface area contributed by atoms with Crippen LogP contribution >= 0.6 is 0 Å². The molecular formula is C18H31N. The van der Waals surface area contributed by atoms with E-state index in [0.29, 0.717) is 0 Å². The van der Waals surface area contributed by atoms with Gasteiger partial charge in [0.2, 0.25) is 0 Å². The summed E-state index contributed by atoms with van der Waals surface area (Å²) in [7, 11) is 0. The number of benzene rings is 1. The molecule has 1 heteroatoms. The minimum atomic E-state index is 0.228. The van der Waals surface area contributed by atoms with Crippen LogP contribution in [0, 0.1) is 0 Å².